The molecule has 6 heteroatoms. The third kappa shape index (κ3) is 5.38. The fraction of sp³-hybridized carbons (Fsp3) is 0.600. The highest BCUT2D eigenvalue weighted by atomic mass is 16.2. The summed E-state index contributed by atoms with van der Waals surface area (Å²) in [5.41, 5.74) is 2.52. The van der Waals surface area contributed by atoms with Gasteiger partial charge in [0.15, 0.2) is 5.96 Å². The van der Waals surface area contributed by atoms with Crippen molar-refractivity contribution in [2.24, 2.45) is 4.99 Å². The summed E-state index contributed by atoms with van der Waals surface area (Å²) in [6.07, 6.45) is 4.74. The number of nitrogens with zero attached hydrogens (tertiary/aromatic N) is 2. The van der Waals surface area contributed by atoms with Crippen LogP contribution in [0.15, 0.2) is 29.3 Å². The smallest absolute Gasteiger partial charge is 0.242 e. The number of rotatable bonds is 7. The van der Waals surface area contributed by atoms with Crippen LogP contribution in [-0.2, 0) is 4.79 Å². The lowest BCUT2D eigenvalue weighted by Gasteiger charge is -2.22. The number of amides is 1. The number of hydrogen-bond donors (Lipinski definition) is 3. The van der Waals surface area contributed by atoms with Gasteiger partial charge in [-0.3, -0.25) is 4.79 Å². The number of benzene rings is 1. The summed E-state index contributed by atoms with van der Waals surface area (Å²) in [6, 6.07) is 9.19. The highest BCUT2D eigenvalue weighted by Crippen LogP contribution is 2.24. The molecule has 142 valence electrons. The van der Waals surface area contributed by atoms with E-state index in [-0.39, 0.29) is 18.5 Å². The molecule has 6 nitrogen and oxygen atoms in total. The molecule has 0 bridgehead atoms. The van der Waals surface area contributed by atoms with E-state index in [0.29, 0.717) is 12.0 Å². The first-order valence-corrected chi connectivity index (χ1v) is 9.85. The Morgan fingerprint density at radius 1 is 1.31 bits per heavy atom. The second kappa shape index (κ2) is 8.92. The third-order valence-corrected chi connectivity index (χ3v) is 4.86. The largest absolute Gasteiger partial charge is 0.372 e. The Morgan fingerprint density at radius 3 is 2.77 bits per heavy atom. The molecule has 1 saturated heterocycles. The zero-order valence-electron chi connectivity index (χ0n) is 15.9. The minimum absolute atomic E-state index is 0.00612. The van der Waals surface area contributed by atoms with E-state index in [1.807, 2.05) is 6.92 Å². The zero-order chi connectivity index (χ0) is 18.4. The first kappa shape index (κ1) is 18.5. The summed E-state index contributed by atoms with van der Waals surface area (Å²) >= 11 is 0. The van der Waals surface area contributed by atoms with E-state index in [4.69, 9.17) is 0 Å². The molecule has 0 aromatic heterocycles. The van der Waals surface area contributed by atoms with E-state index in [9.17, 15) is 4.79 Å². The Hall–Kier alpha value is -2.24. The van der Waals surface area contributed by atoms with Gasteiger partial charge in [0, 0.05) is 31.4 Å². The van der Waals surface area contributed by atoms with Crippen molar-refractivity contribution in [2.75, 3.05) is 31.1 Å². The molecular weight excluding hydrogens is 326 g/mol. The molecule has 2 fully saturated rings. The van der Waals surface area contributed by atoms with Gasteiger partial charge < -0.3 is 20.9 Å². The van der Waals surface area contributed by atoms with Gasteiger partial charge in [0.25, 0.3) is 0 Å². The van der Waals surface area contributed by atoms with Crippen molar-refractivity contribution in [3.05, 3.63) is 29.8 Å². The van der Waals surface area contributed by atoms with Crippen LogP contribution in [0, 0.1) is 0 Å². The maximum absolute atomic E-state index is 11.9. The number of guanidine groups is 1. The van der Waals surface area contributed by atoms with Gasteiger partial charge >= 0.3 is 0 Å². The molecular formula is C20H31N5O. The van der Waals surface area contributed by atoms with Crippen LogP contribution in [0.3, 0.4) is 0 Å². The van der Waals surface area contributed by atoms with Crippen molar-refractivity contribution in [2.45, 2.75) is 51.6 Å². The van der Waals surface area contributed by atoms with Crippen molar-refractivity contribution in [3.8, 4) is 0 Å². The van der Waals surface area contributed by atoms with Crippen molar-refractivity contribution in [3.63, 3.8) is 0 Å². The van der Waals surface area contributed by atoms with Crippen molar-refractivity contribution in [1.29, 1.82) is 0 Å². The Bertz CT molecular complexity index is 635. The van der Waals surface area contributed by atoms with Crippen LogP contribution in [0.2, 0.25) is 0 Å². The van der Waals surface area contributed by atoms with E-state index in [1.54, 1.807) is 0 Å². The molecule has 1 atom stereocenters. The number of aliphatic imine (C=N–C) groups is 1. The lowest BCUT2D eigenvalue weighted by atomic mass is 10.1. The van der Waals surface area contributed by atoms with Crippen molar-refractivity contribution >= 4 is 17.6 Å². The SMILES string of the molecule is CCNC(=NCC(=O)NC1CC1)NC(C)c1cccc(N2CCCC2)c1. The molecule has 3 N–H and O–H groups in total. The van der Waals surface area contributed by atoms with Gasteiger partial charge in [-0.25, -0.2) is 4.99 Å². The highest BCUT2D eigenvalue weighted by Gasteiger charge is 2.23. The first-order chi connectivity index (χ1) is 12.7. The monoisotopic (exact) mass is 357 g/mol. The summed E-state index contributed by atoms with van der Waals surface area (Å²) < 4.78 is 0. The Balaban J connectivity index is 1.60. The van der Waals surface area contributed by atoms with Gasteiger partial charge in [-0.2, -0.15) is 0 Å². The summed E-state index contributed by atoms with van der Waals surface area (Å²) in [4.78, 5) is 18.7. The molecule has 2 aliphatic rings. The topological polar surface area (TPSA) is 68.8 Å². The lowest BCUT2D eigenvalue weighted by molar-refractivity contribution is -0.119. The average Bonchev–Trinajstić information content (AvgIpc) is 3.28. The highest BCUT2D eigenvalue weighted by molar-refractivity contribution is 5.85. The van der Waals surface area contributed by atoms with Gasteiger partial charge in [-0.15, -0.1) is 0 Å². The van der Waals surface area contributed by atoms with Crippen LogP contribution in [0.25, 0.3) is 0 Å². The number of hydrogen-bond acceptors (Lipinski definition) is 3. The average molecular weight is 358 g/mol. The van der Waals surface area contributed by atoms with E-state index in [0.717, 1.165) is 32.5 Å². The third-order valence-electron chi connectivity index (χ3n) is 4.86. The Kier molecular flexibility index (Phi) is 6.36. The predicted molar refractivity (Wildman–Crippen MR) is 107 cm³/mol. The molecule has 1 heterocycles. The summed E-state index contributed by atoms with van der Waals surface area (Å²) in [5, 5.41) is 9.61. The molecule has 1 aliphatic carbocycles. The first-order valence-electron chi connectivity index (χ1n) is 9.85. The summed E-state index contributed by atoms with van der Waals surface area (Å²) in [5.74, 6) is 0.672. The Morgan fingerprint density at radius 2 is 2.08 bits per heavy atom. The molecule has 1 aromatic carbocycles. The molecule has 1 aliphatic heterocycles. The Labute approximate surface area is 156 Å². The molecule has 26 heavy (non-hydrogen) atoms. The molecule has 1 amide bonds. The minimum atomic E-state index is -0.00612. The number of nitrogens with one attached hydrogen (secondary N) is 3. The van der Waals surface area contributed by atoms with Crippen LogP contribution in [0.1, 0.15) is 51.1 Å². The van der Waals surface area contributed by atoms with Crippen LogP contribution in [-0.4, -0.2) is 44.1 Å². The molecule has 1 saturated carbocycles. The maximum atomic E-state index is 11.9. The van der Waals surface area contributed by atoms with E-state index in [2.05, 4.69) is 57.0 Å². The molecule has 0 spiro atoms. The number of anilines is 1. The van der Waals surface area contributed by atoms with Crippen LogP contribution in [0.5, 0.6) is 0 Å². The van der Waals surface area contributed by atoms with Gasteiger partial charge in [0.2, 0.25) is 5.91 Å². The zero-order valence-corrected chi connectivity index (χ0v) is 15.9. The quantitative estimate of drug-likeness (QED) is 0.517. The van der Waals surface area contributed by atoms with E-state index < -0.39 is 0 Å². The summed E-state index contributed by atoms with van der Waals surface area (Å²) in [6.45, 7) is 7.36. The molecule has 1 unspecified atom stereocenters. The van der Waals surface area contributed by atoms with Gasteiger partial charge in [0.05, 0.1) is 6.04 Å². The maximum Gasteiger partial charge on any atom is 0.242 e. The fourth-order valence-corrected chi connectivity index (χ4v) is 3.23. The van der Waals surface area contributed by atoms with E-state index in [1.165, 1.54) is 24.1 Å². The summed E-state index contributed by atoms with van der Waals surface area (Å²) in [7, 11) is 0. The van der Waals surface area contributed by atoms with Crippen molar-refractivity contribution in [1.82, 2.24) is 16.0 Å². The lowest BCUT2D eigenvalue weighted by Crippen LogP contribution is -2.40. The predicted octanol–water partition coefficient (Wildman–Crippen LogP) is 2.18. The number of carbonyl (C=O) groups excluding carboxylic acids is 1. The second-order valence-corrected chi connectivity index (χ2v) is 7.19. The second-order valence-electron chi connectivity index (χ2n) is 7.19. The molecule has 1 aromatic rings. The van der Waals surface area contributed by atoms with Crippen LogP contribution in [0.4, 0.5) is 5.69 Å². The molecule has 0 radical (unpaired) electrons. The minimum Gasteiger partial charge on any atom is -0.372 e. The number of carbonyl (C=O) groups is 1. The van der Waals surface area contributed by atoms with E-state index >= 15 is 0 Å². The fourth-order valence-electron chi connectivity index (χ4n) is 3.23. The van der Waals surface area contributed by atoms with Crippen LogP contribution < -0.4 is 20.9 Å². The van der Waals surface area contributed by atoms with Crippen molar-refractivity contribution < 1.29 is 4.79 Å². The standard InChI is InChI=1S/C20H31N5O/c1-3-21-20(22-14-19(26)24-17-9-10-17)23-15(2)16-7-6-8-18(13-16)25-11-4-5-12-25/h6-8,13,15,17H,3-5,9-12,14H2,1-2H3,(H,24,26)(H2,21,22,23). The van der Waals surface area contributed by atoms with Crippen LogP contribution >= 0.6 is 0 Å². The molecule has 3 rings (SSSR count). The normalized spacial score (nSPS) is 18.5. The van der Waals surface area contributed by atoms with Gasteiger partial charge in [0.1, 0.15) is 6.54 Å². The van der Waals surface area contributed by atoms with Gasteiger partial charge in [-0.05, 0) is 57.2 Å². The van der Waals surface area contributed by atoms with Gasteiger partial charge in [-0.1, -0.05) is 12.1 Å².